The Morgan fingerprint density at radius 1 is 1.32 bits per heavy atom. The molecule has 0 bridgehead atoms. The van der Waals surface area contributed by atoms with Crippen LogP contribution in [0.4, 0.5) is 5.69 Å². The van der Waals surface area contributed by atoms with Crippen molar-refractivity contribution in [3.63, 3.8) is 0 Å². The number of benzene rings is 1. The second kappa shape index (κ2) is 5.44. The van der Waals surface area contributed by atoms with Gasteiger partial charge in [0.25, 0.3) is 5.91 Å². The SMILES string of the molecule is Cc1nnc2n1C(C)CN(C(=O)c1cccc(N(C)C)c1)C2. The number of carbonyl (C=O) groups excluding carboxylic acids is 1. The van der Waals surface area contributed by atoms with Crippen molar-refractivity contribution < 1.29 is 4.79 Å². The zero-order valence-electron chi connectivity index (χ0n) is 13.4. The van der Waals surface area contributed by atoms with Gasteiger partial charge >= 0.3 is 0 Å². The zero-order valence-corrected chi connectivity index (χ0v) is 13.4. The van der Waals surface area contributed by atoms with Crippen LogP contribution >= 0.6 is 0 Å². The van der Waals surface area contributed by atoms with E-state index < -0.39 is 0 Å². The molecule has 1 aromatic carbocycles. The van der Waals surface area contributed by atoms with Gasteiger partial charge in [-0.3, -0.25) is 4.79 Å². The maximum Gasteiger partial charge on any atom is 0.254 e. The Morgan fingerprint density at radius 2 is 2.09 bits per heavy atom. The van der Waals surface area contributed by atoms with Crippen LogP contribution in [0.15, 0.2) is 24.3 Å². The average molecular weight is 299 g/mol. The van der Waals surface area contributed by atoms with Crippen molar-refractivity contribution in [3.8, 4) is 0 Å². The summed E-state index contributed by atoms with van der Waals surface area (Å²) < 4.78 is 2.11. The van der Waals surface area contributed by atoms with E-state index in [1.54, 1.807) is 0 Å². The van der Waals surface area contributed by atoms with Gasteiger partial charge in [-0.05, 0) is 32.0 Å². The molecule has 0 radical (unpaired) electrons. The largest absolute Gasteiger partial charge is 0.378 e. The minimum atomic E-state index is 0.0439. The third-order valence-corrected chi connectivity index (χ3v) is 4.09. The highest BCUT2D eigenvalue weighted by Gasteiger charge is 2.28. The van der Waals surface area contributed by atoms with Gasteiger partial charge in [0.1, 0.15) is 5.82 Å². The van der Waals surface area contributed by atoms with Gasteiger partial charge in [-0.2, -0.15) is 0 Å². The monoisotopic (exact) mass is 299 g/mol. The van der Waals surface area contributed by atoms with E-state index in [9.17, 15) is 4.79 Å². The standard InChI is InChI=1S/C16H21N5O/c1-11-9-20(10-15-18-17-12(2)21(11)15)16(22)13-6-5-7-14(8-13)19(3)4/h5-8,11H,9-10H2,1-4H3. The van der Waals surface area contributed by atoms with E-state index in [4.69, 9.17) is 0 Å². The third-order valence-electron chi connectivity index (χ3n) is 4.09. The Kier molecular flexibility index (Phi) is 3.60. The molecule has 116 valence electrons. The predicted molar refractivity (Wildman–Crippen MR) is 85.0 cm³/mol. The molecule has 22 heavy (non-hydrogen) atoms. The molecule has 6 nitrogen and oxygen atoms in total. The maximum absolute atomic E-state index is 12.8. The van der Waals surface area contributed by atoms with Crippen LogP contribution in [0.1, 0.15) is 35.0 Å². The molecule has 0 N–H and O–H groups in total. The lowest BCUT2D eigenvalue weighted by atomic mass is 10.1. The van der Waals surface area contributed by atoms with Crippen LogP contribution in [0.2, 0.25) is 0 Å². The summed E-state index contributed by atoms with van der Waals surface area (Å²) in [5.74, 6) is 1.81. The number of amides is 1. The van der Waals surface area contributed by atoms with Crippen LogP contribution in [0.25, 0.3) is 0 Å². The number of aromatic nitrogens is 3. The highest BCUT2D eigenvalue weighted by molar-refractivity contribution is 5.95. The molecule has 0 saturated heterocycles. The molecule has 2 heterocycles. The Hall–Kier alpha value is -2.37. The average Bonchev–Trinajstić information content (AvgIpc) is 2.88. The molecule has 1 unspecified atom stereocenters. The Balaban J connectivity index is 1.86. The number of nitrogens with zero attached hydrogens (tertiary/aromatic N) is 5. The van der Waals surface area contributed by atoms with Crippen molar-refractivity contribution in [1.82, 2.24) is 19.7 Å². The van der Waals surface area contributed by atoms with Gasteiger partial charge in [0.15, 0.2) is 5.82 Å². The van der Waals surface area contributed by atoms with E-state index in [2.05, 4.69) is 21.7 Å². The normalized spacial score (nSPS) is 17.3. The highest BCUT2D eigenvalue weighted by atomic mass is 16.2. The maximum atomic E-state index is 12.8. The van der Waals surface area contributed by atoms with Crippen LogP contribution in [0.5, 0.6) is 0 Å². The summed E-state index contributed by atoms with van der Waals surface area (Å²) in [6.07, 6.45) is 0. The van der Waals surface area contributed by atoms with Gasteiger partial charge in [-0.25, -0.2) is 0 Å². The number of hydrogen-bond donors (Lipinski definition) is 0. The first-order valence-electron chi connectivity index (χ1n) is 7.44. The van der Waals surface area contributed by atoms with Crippen molar-refractivity contribution in [3.05, 3.63) is 41.5 Å². The van der Waals surface area contributed by atoms with Crippen LogP contribution in [0.3, 0.4) is 0 Å². The number of rotatable bonds is 2. The van der Waals surface area contributed by atoms with Crippen molar-refractivity contribution in [2.24, 2.45) is 0 Å². The number of aryl methyl sites for hydroxylation is 1. The summed E-state index contributed by atoms with van der Waals surface area (Å²) >= 11 is 0. The number of fused-ring (bicyclic) bond motifs is 1. The third kappa shape index (κ3) is 2.45. The molecule has 2 aromatic rings. The molecular formula is C16H21N5O. The molecule has 0 saturated carbocycles. The van der Waals surface area contributed by atoms with E-state index in [-0.39, 0.29) is 11.9 Å². The molecule has 0 fully saturated rings. The van der Waals surface area contributed by atoms with Gasteiger partial charge in [-0.15, -0.1) is 10.2 Å². The smallest absolute Gasteiger partial charge is 0.254 e. The summed E-state index contributed by atoms with van der Waals surface area (Å²) in [5, 5.41) is 8.31. The molecule has 1 amide bonds. The summed E-state index contributed by atoms with van der Waals surface area (Å²) in [7, 11) is 3.94. The lowest BCUT2D eigenvalue weighted by Crippen LogP contribution is -2.40. The lowest BCUT2D eigenvalue weighted by molar-refractivity contribution is 0.0680. The fourth-order valence-corrected chi connectivity index (χ4v) is 2.98. The molecule has 3 rings (SSSR count). The fraction of sp³-hybridized carbons (Fsp3) is 0.438. The van der Waals surface area contributed by atoms with Gasteiger partial charge in [0, 0.05) is 31.9 Å². The first-order valence-corrected chi connectivity index (χ1v) is 7.44. The van der Waals surface area contributed by atoms with Crippen LogP contribution in [-0.2, 0) is 6.54 Å². The van der Waals surface area contributed by atoms with E-state index in [0.29, 0.717) is 18.7 Å². The number of hydrogen-bond acceptors (Lipinski definition) is 4. The van der Waals surface area contributed by atoms with Crippen LogP contribution in [-0.4, -0.2) is 46.2 Å². The van der Waals surface area contributed by atoms with Crippen molar-refractivity contribution in [1.29, 1.82) is 0 Å². The Bertz CT molecular complexity index is 706. The highest BCUT2D eigenvalue weighted by Crippen LogP contribution is 2.23. The van der Waals surface area contributed by atoms with E-state index in [1.165, 1.54) is 0 Å². The fourth-order valence-electron chi connectivity index (χ4n) is 2.98. The number of carbonyl (C=O) groups is 1. The Labute approximate surface area is 130 Å². The second-order valence-electron chi connectivity index (χ2n) is 6.01. The van der Waals surface area contributed by atoms with E-state index in [1.807, 2.05) is 55.1 Å². The summed E-state index contributed by atoms with van der Waals surface area (Å²) in [6, 6.07) is 7.90. The quantitative estimate of drug-likeness (QED) is 0.849. The van der Waals surface area contributed by atoms with E-state index >= 15 is 0 Å². The second-order valence-corrected chi connectivity index (χ2v) is 6.01. The lowest BCUT2D eigenvalue weighted by Gasteiger charge is -2.32. The van der Waals surface area contributed by atoms with E-state index in [0.717, 1.165) is 17.3 Å². The van der Waals surface area contributed by atoms with Crippen molar-refractivity contribution in [2.45, 2.75) is 26.4 Å². The number of anilines is 1. The van der Waals surface area contributed by atoms with Crippen LogP contribution in [0, 0.1) is 6.92 Å². The molecular weight excluding hydrogens is 278 g/mol. The molecule has 1 aliphatic heterocycles. The van der Waals surface area contributed by atoms with Gasteiger partial charge < -0.3 is 14.4 Å². The molecule has 1 aromatic heterocycles. The van der Waals surface area contributed by atoms with Gasteiger partial charge in [0.05, 0.1) is 12.6 Å². The van der Waals surface area contributed by atoms with Crippen molar-refractivity contribution >= 4 is 11.6 Å². The molecule has 6 heteroatoms. The van der Waals surface area contributed by atoms with Crippen molar-refractivity contribution in [2.75, 3.05) is 25.5 Å². The first-order chi connectivity index (χ1) is 10.5. The summed E-state index contributed by atoms with van der Waals surface area (Å²) in [6.45, 7) is 5.23. The molecule has 1 atom stereocenters. The van der Waals surface area contributed by atoms with Gasteiger partial charge in [-0.1, -0.05) is 6.07 Å². The predicted octanol–water partition coefficient (Wildman–Crippen LogP) is 1.87. The topological polar surface area (TPSA) is 54.3 Å². The molecule has 0 spiro atoms. The van der Waals surface area contributed by atoms with Gasteiger partial charge in [0.2, 0.25) is 0 Å². The summed E-state index contributed by atoms with van der Waals surface area (Å²) in [5.41, 5.74) is 1.73. The first kappa shape index (κ1) is 14.6. The molecule has 0 aliphatic carbocycles. The zero-order chi connectivity index (χ0) is 15.9. The minimum Gasteiger partial charge on any atom is -0.378 e. The minimum absolute atomic E-state index is 0.0439. The summed E-state index contributed by atoms with van der Waals surface area (Å²) in [4.78, 5) is 16.6. The molecule has 1 aliphatic rings. The Morgan fingerprint density at radius 3 is 2.82 bits per heavy atom. The van der Waals surface area contributed by atoms with Crippen LogP contribution < -0.4 is 4.90 Å².